The third-order valence-electron chi connectivity index (χ3n) is 3.22. The Bertz CT molecular complexity index is 327. The van der Waals surface area contributed by atoms with E-state index < -0.39 is 0 Å². The Labute approximate surface area is 121 Å². The van der Waals surface area contributed by atoms with Gasteiger partial charge in [0.25, 0.3) is 0 Å². The van der Waals surface area contributed by atoms with Crippen LogP contribution in [0.5, 0.6) is 0 Å². The monoisotopic (exact) mass is 285 g/mol. The highest BCUT2D eigenvalue weighted by atomic mass is 16.6. The van der Waals surface area contributed by atoms with Crippen molar-refractivity contribution in [3.05, 3.63) is 0 Å². The van der Waals surface area contributed by atoms with Crippen LogP contribution in [0.15, 0.2) is 0 Å². The van der Waals surface area contributed by atoms with E-state index in [2.05, 4.69) is 26.1 Å². The highest BCUT2D eigenvalue weighted by Gasteiger charge is 2.26. The molecule has 1 aliphatic carbocycles. The smallest absolute Gasteiger partial charge is 0.309 e. The summed E-state index contributed by atoms with van der Waals surface area (Å²) in [6.45, 7) is 7.92. The van der Waals surface area contributed by atoms with Crippen molar-refractivity contribution in [1.82, 2.24) is 5.32 Å². The predicted octanol–water partition coefficient (Wildman–Crippen LogP) is 2.18. The van der Waals surface area contributed by atoms with Crippen molar-refractivity contribution in [1.29, 1.82) is 0 Å². The number of hydrogen-bond donors (Lipinski definition) is 1. The standard InChI is InChI=1S/C15H27NO4/c1-11(17)19-10-9-14(18)20-13-7-5-12(6-8-13)16-15(2,3)4/h12-13,16H,5-10H2,1-4H3. The molecule has 5 nitrogen and oxygen atoms in total. The fraction of sp³-hybridized carbons (Fsp3) is 0.867. The van der Waals surface area contributed by atoms with E-state index in [4.69, 9.17) is 9.47 Å². The van der Waals surface area contributed by atoms with Gasteiger partial charge in [0.15, 0.2) is 0 Å². The number of ether oxygens (including phenoxy) is 2. The van der Waals surface area contributed by atoms with Crippen molar-refractivity contribution in [2.45, 2.75) is 77.5 Å². The Morgan fingerprint density at radius 3 is 2.25 bits per heavy atom. The van der Waals surface area contributed by atoms with E-state index in [1.54, 1.807) is 0 Å². The number of esters is 2. The van der Waals surface area contributed by atoms with Gasteiger partial charge in [-0.25, -0.2) is 0 Å². The summed E-state index contributed by atoms with van der Waals surface area (Å²) in [4.78, 5) is 22.2. The SMILES string of the molecule is CC(=O)OCCC(=O)OC1CCC(NC(C)(C)C)CC1. The molecule has 0 aromatic heterocycles. The number of carbonyl (C=O) groups excluding carboxylic acids is 2. The number of rotatable bonds is 5. The van der Waals surface area contributed by atoms with E-state index in [0.717, 1.165) is 25.7 Å². The van der Waals surface area contributed by atoms with Gasteiger partial charge in [0.2, 0.25) is 0 Å². The zero-order chi connectivity index (χ0) is 15.2. The lowest BCUT2D eigenvalue weighted by atomic mass is 9.91. The maximum Gasteiger partial charge on any atom is 0.309 e. The fourth-order valence-corrected chi connectivity index (χ4v) is 2.46. The second kappa shape index (κ2) is 7.62. The van der Waals surface area contributed by atoms with Gasteiger partial charge in [0.1, 0.15) is 12.7 Å². The van der Waals surface area contributed by atoms with Crippen LogP contribution in [-0.2, 0) is 19.1 Å². The lowest BCUT2D eigenvalue weighted by Crippen LogP contribution is -2.46. The Kier molecular flexibility index (Phi) is 6.46. The average Bonchev–Trinajstić information content (AvgIpc) is 2.29. The third kappa shape index (κ3) is 7.48. The maximum atomic E-state index is 11.6. The van der Waals surface area contributed by atoms with Crippen molar-refractivity contribution in [2.24, 2.45) is 0 Å². The third-order valence-corrected chi connectivity index (χ3v) is 3.22. The quantitative estimate of drug-likeness (QED) is 0.784. The molecular weight excluding hydrogens is 258 g/mol. The molecule has 1 fully saturated rings. The van der Waals surface area contributed by atoms with E-state index in [-0.39, 0.29) is 36.6 Å². The van der Waals surface area contributed by atoms with E-state index in [0.29, 0.717) is 6.04 Å². The lowest BCUT2D eigenvalue weighted by molar-refractivity contribution is -0.153. The highest BCUT2D eigenvalue weighted by molar-refractivity contribution is 5.70. The molecule has 0 aliphatic heterocycles. The van der Waals surface area contributed by atoms with Crippen LogP contribution >= 0.6 is 0 Å². The molecule has 0 aromatic rings. The van der Waals surface area contributed by atoms with Crippen molar-refractivity contribution in [3.63, 3.8) is 0 Å². The van der Waals surface area contributed by atoms with Crippen LogP contribution in [0.3, 0.4) is 0 Å². The van der Waals surface area contributed by atoms with E-state index >= 15 is 0 Å². The van der Waals surface area contributed by atoms with Crippen LogP contribution in [-0.4, -0.2) is 36.2 Å². The molecule has 0 aromatic carbocycles. The second-order valence-corrected chi connectivity index (χ2v) is 6.45. The Morgan fingerprint density at radius 2 is 1.75 bits per heavy atom. The molecule has 1 aliphatic rings. The first-order valence-electron chi connectivity index (χ1n) is 7.37. The molecule has 1 N–H and O–H groups in total. The summed E-state index contributed by atoms with van der Waals surface area (Å²) >= 11 is 0. The molecule has 0 unspecified atom stereocenters. The number of hydrogen-bond acceptors (Lipinski definition) is 5. The Balaban J connectivity index is 2.18. The molecule has 0 saturated heterocycles. The summed E-state index contributed by atoms with van der Waals surface area (Å²) < 4.78 is 10.1. The zero-order valence-corrected chi connectivity index (χ0v) is 13.0. The summed E-state index contributed by atoms with van der Waals surface area (Å²) in [7, 11) is 0. The van der Waals surface area contributed by atoms with Gasteiger partial charge in [-0.3, -0.25) is 9.59 Å². The van der Waals surface area contributed by atoms with Gasteiger partial charge in [-0.15, -0.1) is 0 Å². The minimum absolute atomic E-state index is 0.0119. The van der Waals surface area contributed by atoms with Gasteiger partial charge in [0.05, 0.1) is 6.42 Å². The molecule has 116 valence electrons. The van der Waals surface area contributed by atoms with Crippen LogP contribution in [0.2, 0.25) is 0 Å². The maximum absolute atomic E-state index is 11.6. The molecule has 0 atom stereocenters. The molecule has 0 bridgehead atoms. The van der Waals surface area contributed by atoms with Crippen molar-refractivity contribution in [2.75, 3.05) is 6.61 Å². The van der Waals surface area contributed by atoms with Crippen LogP contribution in [0.1, 0.15) is 59.8 Å². The van der Waals surface area contributed by atoms with Gasteiger partial charge < -0.3 is 14.8 Å². The average molecular weight is 285 g/mol. The highest BCUT2D eigenvalue weighted by Crippen LogP contribution is 2.23. The molecular formula is C15H27NO4. The predicted molar refractivity (Wildman–Crippen MR) is 76.3 cm³/mol. The van der Waals surface area contributed by atoms with Crippen molar-refractivity contribution < 1.29 is 19.1 Å². The second-order valence-electron chi connectivity index (χ2n) is 6.45. The summed E-state index contributed by atoms with van der Waals surface area (Å²) in [5, 5.41) is 3.58. The van der Waals surface area contributed by atoms with E-state index in [1.165, 1.54) is 6.92 Å². The molecule has 5 heteroatoms. The van der Waals surface area contributed by atoms with Crippen molar-refractivity contribution in [3.8, 4) is 0 Å². The summed E-state index contributed by atoms with van der Waals surface area (Å²) in [5.74, 6) is -0.648. The molecule has 0 heterocycles. The summed E-state index contributed by atoms with van der Waals surface area (Å²) in [6, 6.07) is 0.506. The van der Waals surface area contributed by atoms with Crippen LogP contribution in [0.25, 0.3) is 0 Å². The van der Waals surface area contributed by atoms with E-state index in [1.807, 2.05) is 0 Å². The number of carbonyl (C=O) groups is 2. The molecule has 0 amide bonds. The van der Waals surface area contributed by atoms with Crippen LogP contribution in [0.4, 0.5) is 0 Å². The van der Waals surface area contributed by atoms with Gasteiger partial charge in [-0.2, -0.15) is 0 Å². The first-order chi connectivity index (χ1) is 9.26. The fourth-order valence-electron chi connectivity index (χ4n) is 2.46. The first kappa shape index (κ1) is 17.0. The largest absolute Gasteiger partial charge is 0.465 e. The zero-order valence-electron chi connectivity index (χ0n) is 13.0. The Hall–Kier alpha value is -1.10. The normalized spacial score (nSPS) is 23.2. The minimum atomic E-state index is -0.369. The molecule has 1 saturated carbocycles. The van der Waals surface area contributed by atoms with Gasteiger partial charge in [0, 0.05) is 18.5 Å². The van der Waals surface area contributed by atoms with Gasteiger partial charge in [-0.05, 0) is 46.5 Å². The lowest BCUT2D eigenvalue weighted by Gasteiger charge is -2.34. The molecule has 0 radical (unpaired) electrons. The van der Waals surface area contributed by atoms with Gasteiger partial charge in [-0.1, -0.05) is 0 Å². The minimum Gasteiger partial charge on any atom is -0.465 e. The van der Waals surface area contributed by atoms with Crippen LogP contribution < -0.4 is 5.32 Å². The molecule has 0 spiro atoms. The van der Waals surface area contributed by atoms with Gasteiger partial charge >= 0.3 is 11.9 Å². The number of nitrogens with one attached hydrogen (secondary N) is 1. The van der Waals surface area contributed by atoms with Crippen LogP contribution in [0, 0.1) is 0 Å². The van der Waals surface area contributed by atoms with E-state index in [9.17, 15) is 9.59 Å². The first-order valence-corrected chi connectivity index (χ1v) is 7.37. The van der Waals surface area contributed by atoms with Crippen molar-refractivity contribution >= 4 is 11.9 Å². The summed E-state index contributed by atoms with van der Waals surface area (Å²) in [6.07, 6.45) is 4.00. The topological polar surface area (TPSA) is 64.6 Å². The molecule has 20 heavy (non-hydrogen) atoms. The summed E-state index contributed by atoms with van der Waals surface area (Å²) in [5.41, 5.74) is 0.123. The Morgan fingerprint density at radius 1 is 1.15 bits per heavy atom. The molecule has 1 rings (SSSR count).